The van der Waals surface area contributed by atoms with Crippen LogP contribution in [0.5, 0.6) is 11.5 Å². The monoisotopic (exact) mass is 512 g/mol. The maximum Gasteiger partial charge on any atom is 0.343 e. The predicted octanol–water partition coefficient (Wildman–Crippen LogP) is 6.24. The van der Waals surface area contributed by atoms with Crippen LogP contribution in [0.3, 0.4) is 0 Å². The van der Waals surface area contributed by atoms with Crippen LogP contribution in [-0.2, 0) is 5.41 Å². The molecule has 39 heavy (non-hydrogen) atoms. The lowest BCUT2D eigenvalue weighted by Gasteiger charge is -2.33. The van der Waals surface area contributed by atoms with Gasteiger partial charge in [-0.15, -0.1) is 0 Å². The molecule has 0 atom stereocenters. The summed E-state index contributed by atoms with van der Waals surface area (Å²) in [4.78, 5) is 26.5. The minimum atomic E-state index is -1.04. The molecular weight excluding hydrogens is 492 g/mol. The maximum atomic E-state index is 13.4. The molecule has 2 N–H and O–H groups in total. The number of hydrogen-bond donors (Lipinski definition) is 2. The standard InChI is InChI=1S/C33H20O6/c34-23-13-9-21(10-14-23)33(22-11-15-24(35)16-12-22)27-4-2-1-3-25(27)26-17-18-28-30(29(26)33)39-32(37)20-7-5-19(6-8-20)31(36)38-28/h1-18,34-35H. The zero-order valence-corrected chi connectivity index (χ0v) is 20.4. The Balaban J connectivity index is 1.76. The van der Waals surface area contributed by atoms with Gasteiger partial charge in [0.2, 0.25) is 0 Å². The molecule has 0 radical (unpaired) electrons. The van der Waals surface area contributed by atoms with Crippen molar-refractivity contribution >= 4 is 21.9 Å². The molecule has 2 heterocycles. The first-order chi connectivity index (χ1) is 19.0. The van der Waals surface area contributed by atoms with E-state index in [1.54, 1.807) is 30.3 Å². The van der Waals surface area contributed by atoms with Crippen LogP contribution in [-0.4, -0.2) is 10.2 Å². The molecule has 6 nitrogen and oxygen atoms in total. The van der Waals surface area contributed by atoms with Crippen LogP contribution in [0.4, 0.5) is 0 Å². The number of fused-ring (bicyclic) bond motifs is 7. The molecule has 0 unspecified atom stereocenters. The van der Waals surface area contributed by atoms with Crippen molar-refractivity contribution in [3.05, 3.63) is 152 Å². The van der Waals surface area contributed by atoms with Crippen molar-refractivity contribution < 1.29 is 19.0 Å². The minimum absolute atomic E-state index is 0.102. The van der Waals surface area contributed by atoms with E-state index in [2.05, 4.69) is 0 Å². The molecule has 0 spiro atoms. The molecule has 0 saturated heterocycles. The topological polar surface area (TPSA) is 101 Å². The summed E-state index contributed by atoms with van der Waals surface area (Å²) >= 11 is 0. The SMILES string of the molecule is O=c1oc2ccc3c(c2oc(=O)c2ccc1cc2)C(c1ccc(O)cc1)(c1ccc(O)cc1)c1ccccc1-3. The van der Waals surface area contributed by atoms with Crippen molar-refractivity contribution in [1.82, 2.24) is 0 Å². The summed E-state index contributed by atoms with van der Waals surface area (Å²) in [6, 6.07) is 31.2. The molecule has 0 saturated carbocycles. The highest BCUT2D eigenvalue weighted by atomic mass is 16.4. The van der Waals surface area contributed by atoms with Gasteiger partial charge in [0.1, 0.15) is 11.5 Å². The van der Waals surface area contributed by atoms with Gasteiger partial charge in [0.05, 0.1) is 16.2 Å². The van der Waals surface area contributed by atoms with Crippen LogP contribution < -0.4 is 11.3 Å². The molecule has 0 fully saturated rings. The van der Waals surface area contributed by atoms with Crippen LogP contribution in [0, 0.1) is 0 Å². The van der Waals surface area contributed by atoms with E-state index in [0.29, 0.717) is 16.3 Å². The molecule has 5 aromatic carbocycles. The molecule has 0 aliphatic heterocycles. The summed E-state index contributed by atoms with van der Waals surface area (Å²) in [5.74, 6) is 0.205. The van der Waals surface area contributed by atoms with Gasteiger partial charge in [-0.3, -0.25) is 0 Å². The molecule has 8 rings (SSSR count). The van der Waals surface area contributed by atoms with Crippen LogP contribution in [0.1, 0.15) is 22.3 Å². The van der Waals surface area contributed by atoms with Crippen molar-refractivity contribution in [1.29, 1.82) is 0 Å². The van der Waals surface area contributed by atoms with Crippen LogP contribution in [0.15, 0.2) is 128 Å². The van der Waals surface area contributed by atoms with Crippen molar-refractivity contribution in [3.8, 4) is 22.6 Å². The Morgan fingerprint density at radius 2 is 1.08 bits per heavy atom. The normalized spacial score (nSPS) is 13.2. The lowest BCUT2D eigenvalue weighted by atomic mass is 9.67. The molecule has 0 amide bonds. The molecular formula is C33H20O6. The number of hydrogen-bond acceptors (Lipinski definition) is 6. The molecule has 1 aliphatic carbocycles. The summed E-state index contributed by atoms with van der Waals surface area (Å²) in [5, 5.41) is 20.9. The first kappa shape index (κ1) is 22.8. The van der Waals surface area contributed by atoms with Crippen LogP contribution in [0.2, 0.25) is 0 Å². The van der Waals surface area contributed by atoms with E-state index in [4.69, 9.17) is 8.83 Å². The smallest absolute Gasteiger partial charge is 0.343 e. The Morgan fingerprint density at radius 3 is 1.67 bits per heavy atom. The molecule has 7 aromatic rings. The summed E-state index contributed by atoms with van der Waals surface area (Å²) in [5.41, 5.74) is 2.86. The summed E-state index contributed by atoms with van der Waals surface area (Å²) < 4.78 is 11.9. The third-order valence-electron chi connectivity index (χ3n) is 7.47. The molecule has 1 aliphatic rings. The van der Waals surface area contributed by atoms with E-state index >= 15 is 0 Å². The lowest BCUT2D eigenvalue weighted by molar-refractivity contribution is 0.474. The number of phenolic OH excluding ortho intramolecular Hbond substituents is 2. The van der Waals surface area contributed by atoms with Gasteiger partial charge >= 0.3 is 11.3 Å². The van der Waals surface area contributed by atoms with Gasteiger partial charge in [0, 0.05) is 5.56 Å². The number of rotatable bonds is 2. The number of benzene rings is 5. The first-order valence-electron chi connectivity index (χ1n) is 12.4. The minimum Gasteiger partial charge on any atom is -0.508 e. The fourth-order valence-electron chi connectivity index (χ4n) is 5.76. The van der Waals surface area contributed by atoms with Crippen molar-refractivity contribution in [2.24, 2.45) is 0 Å². The Kier molecular flexibility index (Phi) is 4.87. The molecule has 2 aromatic heterocycles. The van der Waals surface area contributed by atoms with Crippen LogP contribution >= 0.6 is 0 Å². The van der Waals surface area contributed by atoms with Crippen molar-refractivity contribution in [2.45, 2.75) is 5.41 Å². The van der Waals surface area contributed by atoms with E-state index < -0.39 is 16.7 Å². The Morgan fingerprint density at radius 1 is 0.538 bits per heavy atom. The van der Waals surface area contributed by atoms with E-state index in [1.165, 1.54) is 24.3 Å². The zero-order chi connectivity index (χ0) is 26.7. The van der Waals surface area contributed by atoms with Crippen LogP contribution in [0.25, 0.3) is 33.1 Å². The van der Waals surface area contributed by atoms with Gasteiger partial charge in [-0.05, 0) is 82.4 Å². The van der Waals surface area contributed by atoms with E-state index in [9.17, 15) is 19.8 Å². The van der Waals surface area contributed by atoms with Gasteiger partial charge in [-0.25, -0.2) is 9.59 Å². The van der Waals surface area contributed by atoms with Gasteiger partial charge in [0.25, 0.3) is 0 Å². The maximum absolute atomic E-state index is 13.4. The van der Waals surface area contributed by atoms with Crippen molar-refractivity contribution in [2.75, 3.05) is 0 Å². The summed E-state index contributed by atoms with van der Waals surface area (Å²) in [6.07, 6.45) is 0. The highest BCUT2D eigenvalue weighted by molar-refractivity contribution is 5.95. The second-order valence-corrected chi connectivity index (χ2v) is 9.56. The van der Waals surface area contributed by atoms with Crippen molar-refractivity contribution in [3.63, 3.8) is 0 Å². The molecule has 6 heteroatoms. The average Bonchev–Trinajstić information content (AvgIpc) is 3.26. The zero-order valence-electron chi connectivity index (χ0n) is 20.4. The fraction of sp³-hybridized carbons (Fsp3) is 0.0303. The molecule has 188 valence electrons. The third kappa shape index (κ3) is 3.28. The quantitative estimate of drug-likeness (QED) is 0.285. The van der Waals surface area contributed by atoms with Gasteiger partial charge in [0.15, 0.2) is 11.2 Å². The number of phenols is 2. The average molecular weight is 513 g/mol. The highest BCUT2D eigenvalue weighted by Crippen LogP contribution is 2.58. The first-order valence-corrected chi connectivity index (χ1v) is 12.4. The van der Waals surface area contributed by atoms with Gasteiger partial charge in [-0.1, -0.05) is 54.6 Å². The van der Waals surface area contributed by atoms with E-state index in [-0.39, 0.29) is 22.7 Å². The Labute approximate surface area is 221 Å². The Bertz CT molecular complexity index is 2000. The predicted molar refractivity (Wildman–Crippen MR) is 148 cm³/mol. The van der Waals surface area contributed by atoms with E-state index in [1.807, 2.05) is 54.6 Å². The summed E-state index contributed by atoms with van der Waals surface area (Å²) in [7, 11) is 0. The third-order valence-corrected chi connectivity index (χ3v) is 7.47. The highest BCUT2D eigenvalue weighted by Gasteiger charge is 2.48. The fourth-order valence-corrected chi connectivity index (χ4v) is 5.76. The summed E-state index contributed by atoms with van der Waals surface area (Å²) in [6.45, 7) is 0. The molecule has 2 bridgehead atoms. The second kappa shape index (κ2) is 8.33. The largest absolute Gasteiger partial charge is 0.508 e. The van der Waals surface area contributed by atoms with Gasteiger partial charge in [-0.2, -0.15) is 0 Å². The Hall–Kier alpha value is -5.36. The van der Waals surface area contributed by atoms with Gasteiger partial charge < -0.3 is 19.0 Å². The number of aromatic hydroxyl groups is 2. The second-order valence-electron chi connectivity index (χ2n) is 9.56. The lowest BCUT2D eigenvalue weighted by Crippen LogP contribution is -2.29. The van der Waals surface area contributed by atoms with E-state index in [0.717, 1.165) is 27.8 Å².